The summed E-state index contributed by atoms with van der Waals surface area (Å²) in [5.41, 5.74) is 0. The number of methoxy groups -OCH3 is 2. The molecule has 0 radical (unpaired) electrons. The second-order valence-corrected chi connectivity index (χ2v) is 5.71. The van der Waals surface area contributed by atoms with Gasteiger partial charge in [0.2, 0.25) is 0 Å². The van der Waals surface area contributed by atoms with Crippen LogP contribution in [0.25, 0.3) is 0 Å². The van der Waals surface area contributed by atoms with E-state index in [0.29, 0.717) is 12.2 Å². The molecular weight excluding hydrogens is 391 g/mol. The topological polar surface area (TPSA) is 133 Å². The van der Waals surface area contributed by atoms with E-state index in [0.717, 1.165) is 26.4 Å². The Balaban J connectivity index is -0.000000260. The van der Waals surface area contributed by atoms with Crippen LogP contribution in [-0.4, -0.2) is 59.2 Å². The molecule has 0 heterocycles. The van der Waals surface area contributed by atoms with E-state index in [1.807, 2.05) is 0 Å². The number of carbonyl (C=O) groups excluding carboxylic acids is 4. The van der Waals surface area contributed by atoms with Crippen LogP contribution in [0.2, 0.25) is 9.88 Å². The molecule has 0 aliphatic heterocycles. The van der Waals surface area contributed by atoms with Crippen molar-refractivity contribution in [1.29, 1.82) is 0 Å². The fourth-order valence-electron chi connectivity index (χ4n) is 0.408. The van der Waals surface area contributed by atoms with Crippen LogP contribution in [0.4, 0.5) is 0 Å². The molecule has 0 aromatic carbocycles. The monoisotopic (exact) mass is 408 g/mol. The van der Waals surface area contributed by atoms with Crippen LogP contribution >= 0.6 is 0 Å². The molecule has 0 aliphatic carbocycles. The number of hydrogen-bond acceptors (Lipinski definition) is 8. The van der Waals surface area contributed by atoms with Crippen LogP contribution in [0.5, 0.6) is 0 Å². The zero-order chi connectivity index (χ0) is 17.3. The average molecular weight is 407 g/mol. The van der Waals surface area contributed by atoms with Gasteiger partial charge in [-0.25, -0.2) is 9.59 Å². The van der Waals surface area contributed by atoms with Crippen molar-refractivity contribution >= 4 is 45.0 Å². The number of carbonyl (C=O) groups is 4. The van der Waals surface area contributed by atoms with E-state index in [-0.39, 0.29) is 21.1 Å². The normalized spacial score (nSPS) is 8.57. The van der Waals surface area contributed by atoms with Crippen LogP contribution in [0.3, 0.4) is 0 Å². The summed E-state index contributed by atoms with van der Waals surface area (Å²) >= 11 is 0.230. The molecule has 0 aromatic rings. The van der Waals surface area contributed by atoms with Gasteiger partial charge in [-0.3, -0.25) is 0 Å². The van der Waals surface area contributed by atoms with Crippen LogP contribution in [0.15, 0.2) is 24.3 Å². The van der Waals surface area contributed by atoms with E-state index in [1.54, 1.807) is 0 Å². The van der Waals surface area contributed by atoms with Gasteiger partial charge in [-0.2, -0.15) is 0 Å². The zero-order valence-corrected chi connectivity index (χ0v) is 14.9. The van der Waals surface area contributed by atoms with Gasteiger partial charge in [0.25, 0.3) is 0 Å². The second kappa shape index (κ2) is 18.2. The molecule has 0 rings (SSSR count). The molecule has 0 bridgehead atoms. The molecule has 0 spiro atoms. The van der Waals surface area contributed by atoms with E-state index in [2.05, 4.69) is 19.4 Å². The van der Waals surface area contributed by atoms with Gasteiger partial charge in [0.15, 0.2) is 0 Å². The third-order valence-corrected chi connectivity index (χ3v) is 1.11. The third-order valence-electron chi connectivity index (χ3n) is 1.11. The molecule has 0 atom stereocenters. The fourth-order valence-corrected chi connectivity index (χ4v) is 0.408. The Kier molecular flexibility index (Phi) is 20.9. The molecule has 0 aromatic heterocycles. The molecule has 0 amide bonds. The first kappa shape index (κ1) is 24.2. The fraction of sp³-hybridized carbons (Fsp3) is 0.333. The van der Waals surface area contributed by atoms with Crippen LogP contribution in [0.1, 0.15) is 0 Å². The van der Waals surface area contributed by atoms with E-state index in [1.165, 1.54) is 0 Å². The minimum atomic E-state index is -1.42. The van der Waals surface area contributed by atoms with E-state index < -0.39 is 23.9 Å². The van der Waals surface area contributed by atoms with Crippen LogP contribution in [0, 0.1) is 0 Å². The molecular formula is C12H16O8Sn. The summed E-state index contributed by atoms with van der Waals surface area (Å²) in [6.07, 6.45) is 2.75. The number of hydrogen-bond donors (Lipinski definition) is 0. The zero-order valence-electron chi connectivity index (χ0n) is 12.1. The number of aliphatic carboxylic acids is 2. The summed E-state index contributed by atoms with van der Waals surface area (Å²) in [4.78, 5) is 44.1. The molecule has 0 N–H and O–H groups in total. The maximum atomic E-state index is 10.1. The van der Waals surface area contributed by atoms with Gasteiger partial charge in [0, 0.05) is 12.2 Å². The Labute approximate surface area is 132 Å². The molecule has 0 aliphatic rings. The Morgan fingerprint density at radius 2 is 1.00 bits per heavy atom. The first-order valence-electron chi connectivity index (χ1n) is 5.27. The van der Waals surface area contributed by atoms with E-state index >= 15 is 0 Å². The van der Waals surface area contributed by atoms with Crippen molar-refractivity contribution < 1.29 is 38.9 Å². The quantitative estimate of drug-likeness (QED) is 0.289. The maximum absolute atomic E-state index is 10.1. The number of carboxylic acid groups (broad SMARTS) is 2. The summed E-state index contributed by atoms with van der Waals surface area (Å²) in [6.45, 7) is 0. The average Bonchev–Trinajstić information content (AvgIpc) is 2.43. The van der Waals surface area contributed by atoms with Crippen molar-refractivity contribution in [3.63, 3.8) is 0 Å². The molecule has 0 saturated carbocycles. The summed E-state index contributed by atoms with van der Waals surface area (Å²) in [7, 11) is 2.31. The second-order valence-electron chi connectivity index (χ2n) is 2.85. The van der Waals surface area contributed by atoms with E-state index in [4.69, 9.17) is 0 Å². The Hall–Kier alpha value is -1.84. The van der Waals surface area contributed by atoms with Crippen molar-refractivity contribution in [2.24, 2.45) is 0 Å². The Morgan fingerprint density at radius 3 is 1.14 bits per heavy atom. The number of esters is 2. The number of carboxylic acids is 2. The predicted octanol–water partition coefficient (Wildman–Crippen LogP) is -2.28. The van der Waals surface area contributed by atoms with Crippen LogP contribution < -0.4 is 10.2 Å². The van der Waals surface area contributed by atoms with Gasteiger partial charge in [0.1, 0.15) is 0 Å². The van der Waals surface area contributed by atoms with Crippen molar-refractivity contribution in [3.8, 4) is 0 Å². The predicted molar refractivity (Wildman–Crippen MR) is 69.8 cm³/mol. The van der Waals surface area contributed by atoms with Crippen molar-refractivity contribution in [3.05, 3.63) is 24.3 Å². The van der Waals surface area contributed by atoms with Gasteiger partial charge >= 0.3 is 43.0 Å². The van der Waals surface area contributed by atoms with Crippen LogP contribution in [-0.2, 0) is 28.7 Å². The summed E-state index contributed by atoms with van der Waals surface area (Å²) < 4.78 is 8.17. The Bertz CT molecular complexity index is 351. The molecule has 9 heteroatoms. The molecule has 0 saturated heterocycles. The first-order chi connectivity index (χ1) is 9.74. The van der Waals surface area contributed by atoms with Crippen molar-refractivity contribution in [1.82, 2.24) is 0 Å². The van der Waals surface area contributed by atoms with E-state index in [9.17, 15) is 29.4 Å². The van der Waals surface area contributed by atoms with Crippen molar-refractivity contribution in [2.45, 2.75) is 9.88 Å². The molecule has 0 unspecified atom stereocenters. The third kappa shape index (κ3) is 32.1. The Morgan fingerprint density at radius 1 is 0.762 bits per heavy atom. The summed E-state index contributed by atoms with van der Waals surface area (Å²) in [5.74, 6) is -4.25. The van der Waals surface area contributed by atoms with Gasteiger partial charge < -0.3 is 29.3 Å². The van der Waals surface area contributed by atoms with Gasteiger partial charge in [-0.05, 0) is 12.2 Å². The van der Waals surface area contributed by atoms with Gasteiger partial charge in [0.05, 0.1) is 26.2 Å². The number of rotatable bonds is 4. The molecule has 21 heavy (non-hydrogen) atoms. The van der Waals surface area contributed by atoms with Crippen molar-refractivity contribution in [2.75, 3.05) is 14.2 Å². The SMILES string of the molecule is COC(=O)/C=C\C(=O)[O-].COC(=O)/C=C\C(=O)[O-].[CH3][Sn+2][CH3]. The molecule has 116 valence electrons. The molecule has 0 fully saturated rings. The van der Waals surface area contributed by atoms with Gasteiger partial charge in [-0.15, -0.1) is 0 Å². The first-order valence-corrected chi connectivity index (χ1v) is 11.0. The molecule has 8 nitrogen and oxygen atoms in total. The summed E-state index contributed by atoms with van der Waals surface area (Å²) in [6, 6.07) is 0. The number of ether oxygens (including phenoxy) is 2. The van der Waals surface area contributed by atoms with Gasteiger partial charge in [-0.1, -0.05) is 0 Å². The minimum absolute atomic E-state index is 0.230. The standard InChI is InChI=1S/2C5H6O4.2CH3.Sn/c2*1-9-5(8)3-2-4(6)7;;;/h2*2-3H,1H3,(H,6,7);2*1H3;/q;;;;+2/p-2/b2*3-2-;;;. The summed E-state index contributed by atoms with van der Waals surface area (Å²) in [5, 5.41) is 19.2.